The van der Waals surface area contributed by atoms with Gasteiger partial charge in [0.2, 0.25) is 0 Å². The Bertz CT molecular complexity index is 634. The van der Waals surface area contributed by atoms with Gasteiger partial charge in [-0.1, -0.05) is 42.5 Å². The quantitative estimate of drug-likeness (QED) is 0.779. The highest BCUT2D eigenvalue weighted by molar-refractivity contribution is 8.13. The number of rotatable bonds is 2. The molecule has 0 aliphatic carbocycles. The molecule has 0 fully saturated rings. The van der Waals surface area contributed by atoms with Crippen LogP contribution in [0.1, 0.15) is 5.56 Å². The lowest BCUT2D eigenvalue weighted by molar-refractivity contribution is 0.609. The fourth-order valence-electron chi connectivity index (χ4n) is 1.67. The Hall–Kier alpha value is -1.32. The van der Waals surface area contributed by atoms with Crippen molar-refractivity contribution in [3.63, 3.8) is 0 Å². The van der Waals surface area contributed by atoms with E-state index in [4.69, 9.17) is 10.7 Å². The number of hydrogen-bond donors (Lipinski definition) is 0. The Morgan fingerprint density at radius 2 is 1.59 bits per heavy atom. The van der Waals surface area contributed by atoms with Crippen LogP contribution in [0.4, 0.5) is 0 Å². The molecular weight excluding hydrogens is 256 g/mol. The zero-order valence-corrected chi connectivity index (χ0v) is 10.8. The minimum absolute atomic E-state index is 0.167. The second kappa shape index (κ2) is 4.51. The van der Waals surface area contributed by atoms with Crippen molar-refractivity contribution in [2.75, 3.05) is 0 Å². The summed E-state index contributed by atoms with van der Waals surface area (Å²) < 4.78 is 22.8. The second-order valence-electron chi connectivity index (χ2n) is 3.78. The molecule has 0 spiro atoms. The highest BCUT2D eigenvalue weighted by Crippen LogP contribution is 2.26. The minimum Gasteiger partial charge on any atom is -0.207 e. The lowest BCUT2D eigenvalue weighted by Gasteiger charge is -2.06. The molecule has 17 heavy (non-hydrogen) atoms. The van der Waals surface area contributed by atoms with Gasteiger partial charge in [0, 0.05) is 10.7 Å². The summed E-state index contributed by atoms with van der Waals surface area (Å²) in [6.07, 6.45) is 0. The number of benzene rings is 2. The van der Waals surface area contributed by atoms with Gasteiger partial charge in [-0.3, -0.25) is 0 Å². The van der Waals surface area contributed by atoms with Gasteiger partial charge in [0.05, 0.1) is 4.90 Å². The normalized spacial score (nSPS) is 11.4. The number of halogens is 1. The predicted molar refractivity (Wildman–Crippen MR) is 69.7 cm³/mol. The molecule has 0 saturated heterocycles. The van der Waals surface area contributed by atoms with E-state index in [0.717, 1.165) is 11.1 Å². The first-order valence-electron chi connectivity index (χ1n) is 5.09. The standard InChI is InChI=1S/C13H11ClO2S/c1-10-7-8-12(9-13(10)17(14,15)16)11-5-3-2-4-6-11/h2-9H,1H3. The van der Waals surface area contributed by atoms with E-state index in [2.05, 4.69) is 0 Å². The molecule has 0 heterocycles. The van der Waals surface area contributed by atoms with E-state index in [9.17, 15) is 8.42 Å². The SMILES string of the molecule is Cc1ccc(-c2ccccc2)cc1S(=O)(=O)Cl. The van der Waals surface area contributed by atoms with Gasteiger partial charge in [-0.2, -0.15) is 0 Å². The summed E-state index contributed by atoms with van der Waals surface area (Å²) in [7, 11) is 1.70. The Labute approximate surface area is 105 Å². The third kappa shape index (κ3) is 2.68. The Kier molecular flexibility index (Phi) is 3.22. The van der Waals surface area contributed by atoms with E-state index in [1.54, 1.807) is 19.1 Å². The van der Waals surface area contributed by atoms with Crippen LogP contribution in [0.2, 0.25) is 0 Å². The van der Waals surface area contributed by atoms with Crippen molar-refractivity contribution in [1.82, 2.24) is 0 Å². The van der Waals surface area contributed by atoms with E-state index in [1.165, 1.54) is 0 Å². The smallest absolute Gasteiger partial charge is 0.207 e. The van der Waals surface area contributed by atoms with Crippen LogP contribution in [0.25, 0.3) is 11.1 Å². The van der Waals surface area contributed by atoms with Crippen LogP contribution in [0.5, 0.6) is 0 Å². The van der Waals surface area contributed by atoms with Crippen molar-refractivity contribution < 1.29 is 8.42 Å². The fourth-order valence-corrected chi connectivity index (χ4v) is 2.89. The maximum absolute atomic E-state index is 11.4. The van der Waals surface area contributed by atoms with Gasteiger partial charge in [0.1, 0.15) is 0 Å². The van der Waals surface area contributed by atoms with Gasteiger partial charge in [0.25, 0.3) is 9.05 Å². The molecule has 0 aromatic heterocycles. The van der Waals surface area contributed by atoms with Crippen molar-refractivity contribution in [3.8, 4) is 11.1 Å². The molecule has 0 amide bonds. The molecular formula is C13H11ClO2S. The molecule has 0 N–H and O–H groups in total. The molecule has 0 bridgehead atoms. The lowest BCUT2D eigenvalue weighted by Crippen LogP contribution is -1.95. The first kappa shape index (κ1) is 12.1. The van der Waals surface area contributed by atoms with Crippen LogP contribution in [0.15, 0.2) is 53.4 Å². The third-order valence-electron chi connectivity index (χ3n) is 2.56. The summed E-state index contributed by atoms with van der Waals surface area (Å²) in [5.41, 5.74) is 2.46. The Morgan fingerprint density at radius 1 is 0.941 bits per heavy atom. The van der Waals surface area contributed by atoms with E-state index >= 15 is 0 Å². The molecule has 2 nitrogen and oxygen atoms in total. The van der Waals surface area contributed by atoms with Crippen molar-refractivity contribution in [1.29, 1.82) is 0 Å². The van der Waals surface area contributed by atoms with Crippen LogP contribution in [0.3, 0.4) is 0 Å². The second-order valence-corrected chi connectivity index (χ2v) is 6.32. The average Bonchev–Trinajstić information content (AvgIpc) is 2.29. The molecule has 88 valence electrons. The highest BCUT2D eigenvalue weighted by Gasteiger charge is 2.14. The largest absolute Gasteiger partial charge is 0.261 e. The summed E-state index contributed by atoms with van der Waals surface area (Å²) >= 11 is 0. The molecule has 0 atom stereocenters. The maximum atomic E-state index is 11.4. The summed E-state index contributed by atoms with van der Waals surface area (Å²) in [4.78, 5) is 0.167. The maximum Gasteiger partial charge on any atom is 0.261 e. The summed E-state index contributed by atoms with van der Waals surface area (Å²) in [6.45, 7) is 1.73. The molecule has 2 aromatic rings. The Balaban J connectivity index is 2.61. The molecule has 4 heteroatoms. The average molecular weight is 267 g/mol. The van der Waals surface area contributed by atoms with Crippen LogP contribution in [0, 0.1) is 6.92 Å². The van der Waals surface area contributed by atoms with Crippen molar-refractivity contribution in [3.05, 3.63) is 54.1 Å². The van der Waals surface area contributed by atoms with Crippen LogP contribution in [-0.4, -0.2) is 8.42 Å². The molecule has 0 saturated carbocycles. The molecule has 0 unspecified atom stereocenters. The molecule has 0 aliphatic heterocycles. The molecule has 2 aromatic carbocycles. The first-order valence-corrected chi connectivity index (χ1v) is 7.40. The van der Waals surface area contributed by atoms with Gasteiger partial charge >= 0.3 is 0 Å². The van der Waals surface area contributed by atoms with E-state index < -0.39 is 9.05 Å². The fraction of sp³-hybridized carbons (Fsp3) is 0.0769. The van der Waals surface area contributed by atoms with Gasteiger partial charge < -0.3 is 0 Å². The van der Waals surface area contributed by atoms with Gasteiger partial charge in [-0.05, 0) is 29.7 Å². The zero-order valence-electron chi connectivity index (χ0n) is 9.22. The zero-order chi connectivity index (χ0) is 12.5. The first-order chi connectivity index (χ1) is 7.98. The Morgan fingerprint density at radius 3 is 2.18 bits per heavy atom. The minimum atomic E-state index is -3.69. The van der Waals surface area contributed by atoms with Gasteiger partial charge in [-0.15, -0.1) is 0 Å². The molecule has 0 radical (unpaired) electrons. The monoisotopic (exact) mass is 266 g/mol. The highest BCUT2D eigenvalue weighted by atomic mass is 35.7. The van der Waals surface area contributed by atoms with Crippen molar-refractivity contribution >= 4 is 19.7 Å². The van der Waals surface area contributed by atoms with Crippen LogP contribution >= 0.6 is 10.7 Å². The number of hydrogen-bond acceptors (Lipinski definition) is 2. The summed E-state index contributed by atoms with van der Waals surface area (Å²) in [6, 6.07) is 14.8. The summed E-state index contributed by atoms with van der Waals surface area (Å²) in [5, 5.41) is 0. The van der Waals surface area contributed by atoms with Crippen LogP contribution in [-0.2, 0) is 9.05 Å². The van der Waals surface area contributed by atoms with Crippen molar-refractivity contribution in [2.24, 2.45) is 0 Å². The molecule has 2 rings (SSSR count). The van der Waals surface area contributed by atoms with E-state index in [0.29, 0.717) is 5.56 Å². The van der Waals surface area contributed by atoms with E-state index in [1.807, 2.05) is 36.4 Å². The summed E-state index contributed by atoms with van der Waals surface area (Å²) in [5.74, 6) is 0. The topological polar surface area (TPSA) is 34.1 Å². The van der Waals surface area contributed by atoms with Crippen LogP contribution < -0.4 is 0 Å². The van der Waals surface area contributed by atoms with Gasteiger partial charge in [-0.25, -0.2) is 8.42 Å². The third-order valence-corrected chi connectivity index (χ3v) is 4.02. The molecule has 0 aliphatic rings. The number of aryl methyl sites for hydroxylation is 1. The van der Waals surface area contributed by atoms with E-state index in [-0.39, 0.29) is 4.90 Å². The van der Waals surface area contributed by atoms with Gasteiger partial charge in [0.15, 0.2) is 0 Å². The predicted octanol–water partition coefficient (Wildman–Crippen LogP) is 3.59. The lowest BCUT2D eigenvalue weighted by atomic mass is 10.0. The van der Waals surface area contributed by atoms with Crippen molar-refractivity contribution in [2.45, 2.75) is 11.8 Å².